The van der Waals surface area contributed by atoms with Crippen LogP contribution in [0.5, 0.6) is 17.2 Å². The summed E-state index contributed by atoms with van der Waals surface area (Å²) >= 11 is 0. The molecule has 0 spiro atoms. The van der Waals surface area contributed by atoms with Gasteiger partial charge >= 0.3 is 0 Å². The van der Waals surface area contributed by atoms with Gasteiger partial charge in [0.2, 0.25) is 0 Å². The maximum atomic E-state index is 13.0. The van der Waals surface area contributed by atoms with Gasteiger partial charge in [0.15, 0.2) is 17.3 Å². The second kappa shape index (κ2) is 4.71. The average molecular weight is 307 g/mol. The summed E-state index contributed by atoms with van der Waals surface area (Å²) in [5.41, 5.74) is 2.23. The van der Waals surface area contributed by atoms with Gasteiger partial charge in [0.05, 0.1) is 25.5 Å². The number of hydrogen-bond donors (Lipinski definition) is 1. The van der Waals surface area contributed by atoms with Gasteiger partial charge in [0.25, 0.3) is 0 Å². The Balaban J connectivity index is 2.22. The van der Waals surface area contributed by atoms with Crippen molar-refractivity contribution < 1.29 is 19.4 Å². The van der Waals surface area contributed by atoms with E-state index in [0.717, 1.165) is 10.8 Å². The minimum Gasteiger partial charge on any atom is -0.508 e. The van der Waals surface area contributed by atoms with Gasteiger partial charge in [0.1, 0.15) is 5.75 Å². The Hall–Kier alpha value is -3.08. The molecule has 0 amide bonds. The van der Waals surface area contributed by atoms with Crippen molar-refractivity contribution in [1.29, 1.82) is 0 Å². The van der Waals surface area contributed by atoms with Crippen molar-refractivity contribution in [1.82, 2.24) is 4.98 Å². The summed E-state index contributed by atoms with van der Waals surface area (Å²) in [6.07, 6.45) is 1.69. The first-order valence-corrected chi connectivity index (χ1v) is 7.07. The predicted molar refractivity (Wildman–Crippen MR) is 85.4 cm³/mol. The summed E-state index contributed by atoms with van der Waals surface area (Å²) in [5.74, 6) is 0.698. The largest absolute Gasteiger partial charge is 0.508 e. The zero-order chi connectivity index (χ0) is 16.1. The van der Waals surface area contributed by atoms with Crippen molar-refractivity contribution in [2.45, 2.75) is 0 Å². The summed E-state index contributed by atoms with van der Waals surface area (Å²) in [4.78, 5) is 17.5. The molecule has 0 aliphatic heterocycles. The summed E-state index contributed by atoms with van der Waals surface area (Å²) in [6.45, 7) is 0. The average Bonchev–Trinajstić information content (AvgIpc) is 2.58. The van der Waals surface area contributed by atoms with Crippen LogP contribution in [0.2, 0.25) is 0 Å². The van der Waals surface area contributed by atoms with Crippen LogP contribution in [0.4, 0.5) is 0 Å². The number of ether oxygens (including phenoxy) is 2. The lowest BCUT2D eigenvalue weighted by atomic mass is 9.85. The Bertz CT molecular complexity index is 978. The third-order valence-corrected chi connectivity index (χ3v) is 4.12. The quantitative estimate of drug-likeness (QED) is 0.616. The van der Waals surface area contributed by atoms with Crippen LogP contribution in [0, 0.1) is 0 Å². The highest BCUT2D eigenvalue weighted by molar-refractivity contribution is 6.27. The van der Waals surface area contributed by atoms with Crippen LogP contribution >= 0.6 is 0 Å². The lowest BCUT2D eigenvalue weighted by Crippen LogP contribution is -2.13. The molecule has 23 heavy (non-hydrogen) atoms. The van der Waals surface area contributed by atoms with Crippen LogP contribution in [0.15, 0.2) is 36.5 Å². The molecule has 4 rings (SSSR count). The summed E-state index contributed by atoms with van der Waals surface area (Å²) in [7, 11) is 3.03. The molecule has 5 heteroatoms. The van der Waals surface area contributed by atoms with E-state index in [1.807, 2.05) is 12.1 Å². The van der Waals surface area contributed by atoms with E-state index in [1.165, 1.54) is 20.3 Å². The number of rotatable bonds is 2. The van der Waals surface area contributed by atoms with E-state index in [1.54, 1.807) is 18.3 Å². The smallest absolute Gasteiger partial charge is 0.198 e. The molecule has 1 N–H and O–H groups in total. The summed E-state index contributed by atoms with van der Waals surface area (Å²) in [5, 5.41) is 11.3. The van der Waals surface area contributed by atoms with E-state index in [9.17, 15) is 9.90 Å². The number of phenolic OH excluding ortho intramolecular Hbond substituents is 1. The molecule has 1 heterocycles. The maximum absolute atomic E-state index is 13.0. The molecular formula is C18H13NO4. The van der Waals surface area contributed by atoms with Crippen molar-refractivity contribution in [3.8, 4) is 28.5 Å². The van der Waals surface area contributed by atoms with E-state index in [2.05, 4.69) is 4.98 Å². The van der Waals surface area contributed by atoms with Crippen molar-refractivity contribution in [2.75, 3.05) is 14.2 Å². The first-order chi connectivity index (χ1) is 11.2. The molecule has 0 saturated heterocycles. The summed E-state index contributed by atoms with van der Waals surface area (Å²) in [6, 6.07) is 8.40. The fourth-order valence-electron chi connectivity index (χ4n) is 3.14. The number of carbonyl (C=O) groups is 1. The second-order valence-electron chi connectivity index (χ2n) is 5.30. The van der Waals surface area contributed by atoms with Crippen LogP contribution in [0.25, 0.3) is 22.0 Å². The molecule has 0 saturated carbocycles. The van der Waals surface area contributed by atoms with Gasteiger partial charge < -0.3 is 14.6 Å². The highest BCUT2D eigenvalue weighted by Crippen LogP contribution is 2.46. The first-order valence-electron chi connectivity index (χ1n) is 7.07. The SMILES string of the molecule is COc1cc2ccnc3c2c(c1OC)C(=O)c1cc(O)ccc1-3. The van der Waals surface area contributed by atoms with Crippen LogP contribution in [-0.4, -0.2) is 30.1 Å². The summed E-state index contributed by atoms with van der Waals surface area (Å²) < 4.78 is 10.8. The van der Waals surface area contributed by atoms with Crippen LogP contribution in [0.1, 0.15) is 15.9 Å². The third kappa shape index (κ3) is 1.73. The zero-order valence-corrected chi connectivity index (χ0v) is 12.6. The van der Waals surface area contributed by atoms with E-state index < -0.39 is 0 Å². The molecule has 0 fully saturated rings. The lowest BCUT2D eigenvalue weighted by molar-refractivity contribution is 0.103. The van der Waals surface area contributed by atoms with E-state index in [-0.39, 0.29) is 11.5 Å². The van der Waals surface area contributed by atoms with Crippen molar-refractivity contribution in [3.63, 3.8) is 0 Å². The Labute approximate surface area is 132 Å². The predicted octanol–water partition coefficient (Wildman–Crippen LogP) is 3.17. The molecule has 1 aromatic heterocycles. The van der Waals surface area contributed by atoms with Gasteiger partial charge in [-0.15, -0.1) is 0 Å². The third-order valence-electron chi connectivity index (χ3n) is 4.12. The number of aromatic hydroxyl groups is 1. The molecule has 0 radical (unpaired) electrons. The normalized spacial score (nSPS) is 12.2. The van der Waals surface area contributed by atoms with Crippen molar-refractivity contribution in [3.05, 3.63) is 47.7 Å². The first kappa shape index (κ1) is 13.6. The number of nitrogens with zero attached hydrogens (tertiary/aromatic N) is 1. The zero-order valence-electron chi connectivity index (χ0n) is 12.6. The molecule has 0 bridgehead atoms. The van der Waals surface area contributed by atoms with Crippen LogP contribution in [-0.2, 0) is 0 Å². The van der Waals surface area contributed by atoms with Crippen LogP contribution in [0.3, 0.4) is 0 Å². The van der Waals surface area contributed by atoms with Crippen molar-refractivity contribution >= 4 is 16.6 Å². The van der Waals surface area contributed by atoms with Gasteiger partial charge in [-0.1, -0.05) is 0 Å². The molecule has 2 aromatic carbocycles. The molecule has 0 atom stereocenters. The molecule has 114 valence electrons. The number of pyridine rings is 1. The Kier molecular flexibility index (Phi) is 2.78. The number of ketones is 1. The molecular weight excluding hydrogens is 294 g/mol. The minimum atomic E-state index is -0.211. The van der Waals surface area contributed by atoms with E-state index >= 15 is 0 Å². The van der Waals surface area contributed by atoms with Gasteiger partial charge in [-0.05, 0) is 35.7 Å². The van der Waals surface area contributed by atoms with Gasteiger partial charge in [0, 0.05) is 22.7 Å². The van der Waals surface area contributed by atoms with E-state index in [0.29, 0.717) is 33.9 Å². The molecule has 0 unspecified atom stereocenters. The fourth-order valence-corrected chi connectivity index (χ4v) is 3.14. The van der Waals surface area contributed by atoms with E-state index in [4.69, 9.17) is 9.47 Å². The topological polar surface area (TPSA) is 68.7 Å². The van der Waals surface area contributed by atoms with Crippen LogP contribution < -0.4 is 9.47 Å². The molecule has 1 aliphatic rings. The monoisotopic (exact) mass is 307 g/mol. The van der Waals surface area contributed by atoms with Gasteiger partial charge in [-0.25, -0.2) is 0 Å². The number of phenols is 1. The number of benzene rings is 2. The van der Waals surface area contributed by atoms with Crippen molar-refractivity contribution in [2.24, 2.45) is 0 Å². The standard InChI is InChI=1S/C18H13NO4/c1-22-13-7-9-5-6-19-16-11-4-3-10(20)8-12(11)17(21)15(14(9)16)18(13)23-2/h3-8,20H,1-2H3. The highest BCUT2D eigenvalue weighted by atomic mass is 16.5. The highest BCUT2D eigenvalue weighted by Gasteiger charge is 2.31. The van der Waals surface area contributed by atoms with Gasteiger partial charge in [-0.3, -0.25) is 9.78 Å². The van der Waals surface area contributed by atoms with Gasteiger partial charge in [-0.2, -0.15) is 0 Å². The molecule has 1 aliphatic carbocycles. The minimum absolute atomic E-state index is 0.0367. The number of aromatic nitrogens is 1. The fraction of sp³-hybridized carbons (Fsp3) is 0.111. The number of fused-ring (bicyclic) bond motifs is 2. The molecule has 5 nitrogen and oxygen atoms in total. The molecule has 3 aromatic rings. The lowest BCUT2D eigenvalue weighted by Gasteiger charge is -2.22. The second-order valence-corrected chi connectivity index (χ2v) is 5.30. The Morgan fingerprint density at radius 2 is 1.87 bits per heavy atom. The number of carbonyl (C=O) groups excluding carboxylic acids is 1. The Morgan fingerprint density at radius 3 is 2.61 bits per heavy atom. The maximum Gasteiger partial charge on any atom is 0.198 e. The number of methoxy groups -OCH3 is 2. The number of hydrogen-bond acceptors (Lipinski definition) is 5. The Morgan fingerprint density at radius 1 is 1.04 bits per heavy atom.